The first-order valence-corrected chi connectivity index (χ1v) is 9.18. The lowest BCUT2D eigenvalue weighted by Crippen LogP contribution is -2.43. The van der Waals surface area contributed by atoms with E-state index in [0.29, 0.717) is 18.7 Å². The number of para-hydroxylation sites is 1. The van der Waals surface area contributed by atoms with Gasteiger partial charge in [0.15, 0.2) is 0 Å². The summed E-state index contributed by atoms with van der Waals surface area (Å²) in [5, 5.41) is 3.09. The van der Waals surface area contributed by atoms with Gasteiger partial charge in [-0.25, -0.2) is 8.42 Å². The molecule has 3 rings (SSSR count). The summed E-state index contributed by atoms with van der Waals surface area (Å²) < 4.78 is 25.2. The molecule has 2 aliphatic rings. The first kappa shape index (κ1) is 14.4. The number of amides is 1. The van der Waals surface area contributed by atoms with Crippen LogP contribution >= 0.6 is 0 Å². The summed E-state index contributed by atoms with van der Waals surface area (Å²) in [7, 11) is -3.28. The number of nitrogens with zero attached hydrogens (tertiary/aromatic N) is 1. The number of nitrogens with one attached hydrogen (secondary N) is 1. The van der Waals surface area contributed by atoms with Crippen molar-refractivity contribution in [2.45, 2.75) is 31.7 Å². The third-order valence-corrected chi connectivity index (χ3v) is 5.57. The molecule has 0 bridgehead atoms. The molecule has 0 radical (unpaired) electrons. The Morgan fingerprint density at radius 1 is 1.24 bits per heavy atom. The van der Waals surface area contributed by atoms with E-state index in [1.165, 1.54) is 10.6 Å². The van der Waals surface area contributed by atoms with E-state index >= 15 is 0 Å². The zero-order valence-electron chi connectivity index (χ0n) is 12.1. The van der Waals surface area contributed by atoms with Gasteiger partial charge < -0.3 is 5.32 Å². The predicted molar refractivity (Wildman–Crippen MR) is 81.5 cm³/mol. The highest BCUT2D eigenvalue weighted by atomic mass is 32.2. The molecule has 1 N–H and O–H groups in total. The number of fused-ring (bicyclic) bond motifs is 1. The molecule has 1 heterocycles. The maximum absolute atomic E-state index is 12.1. The van der Waals surface area contributed by atoms with Crippen LogP contribution in [0.4, 0.5) is 5.69 Å². The molecule has 6 heteroatoms. The van der Waals surface area contributed by atoms with E-state index in [2.05, 4.69) is 5.32 Å². The molecule has 1 fully saturated rings. The number of hydrogen-bond donors (Lipinski definition) is 1. The van der Waals surface area contributed by atoms with Gasteiger partial charge in [-0.1, -0.05) is 24.6 Å². The number of benzene rings is 1. The summed E-state index contributed by atoms with van der Waals surface area (Å²) in [5.41, 5.74) is 1.58. The van der Waals surface area contributed by atoms with E-state index in [9.17, 15) is 13.2 Å². The van der Waals surface area contributed by atoms with Crippen molar-refractivity contribution in [3.05, 3.63) is 29.8 Å². The highest BCUT2D eigenvalue weighted by Crippen LogP contribution is 2.36. The largest absolute Gasteiger partial charge is 0.349 e. The first-order valence-electron chi connectivity index (χ1n) is 7.34. The van der Waals surface area contributed by atoms with Crippen LogP contribution < -0.4 is 9.62 Å². The molecular formula is C15H20N2O3S. The van der Waals surface area contributed by atoms with E-state index < -0.39 is 10.0 Å². The molecule has 1 aromatic rings. The van der Waals surface area contributed by atoms with Gasteiger partial charge in [-0.05, 0) is 30.9 Å². The number of hydrogen-bond acceptors (Lipinski definition) is 3. The predicted octanol–water partition coefficient (Wildman–Crippen LogP) is 1.81. The standard InChI is InChI=1S/C15H20N2O3S/c1-21(19,20)17-10-9-13(12-7-2-3-8-14(12)17)16-15(18)11-5-4-6-11/h2-3,7-8,11,13H,4-6,9-10H2,1H3,(H,16,18). The summed E-state index contributed by atoms with van der Waals surface area (Å²) >= 11 is 0. The molecule has 21 heavy (non-hydrogen) atoms. The highest BCUT2D eigenvalue weighted by molar-refractivity contribution is 7.92. The summed E-state index contributed by atoms with van der Waals surface area (Å²) in [4.78, 5) is 12.1. The number of anilines is 1. The molecule has 1 aliphatic heterocycles. The topological polar surface area (TPSA) is 66.5 Å². The molecule has 1 aromatic carbocycles. The minimum atomic E-state index is -3.28. The van der Waals surface area contributed by atoms with Crippen molar-refractivity contribution in [3.63, 3.8) is 0 Å². The SMILES string of the molecule is CS(=O)(=O)N1CCC(NC(=O)C2CCC2)c2ccccc21. The van der Waals surface area contributed by atoms with E-state index in [-0.39, 0.29) is 17.9 Å². The van der Waals surface area contributed by atoms with Crippen molar-refractivity contribution in [3.8, 4) is 0 Å². The van der Waals surface area contributed by atoms with Crippen molar-refractivity contribution in [1.82, 2.24) is 5.32 Å². The molecule has 5 nitrogen and oxygen atoms in total. The third kappa shape index (κ3) is 2.77. The molecule has 1 amide bonds. The van der Waals surface area contributed by atoms with Crippen LogP contribution in [0.1, 0.15) is 37.3 Å². The number of carbonyl (C=O) groups excluding carboxylic acids is 1. The fourth-order valence-corrected chi connectivity index (χ4v) is 3.95. The molecule has 1 unspecified atom stereocenters. The van der Waals surface area contributed by atoms with Crippen LogP contribution in [0.3, 0.4) is 0 Å². The van der Waals surface area contributed by atoms with Crippen molar-refractivity contribution in [2.75, 3.05) is 17.1 Å². The normalized spacial score (nSPS) is 22.3. The smallest absolute Gasteiger partial charge is 0.232 e. The van der Waals surface area contributed by atoms with E-state index in [1.54, 1.807) is 6.07 Å². The van der Waals surface area contributed by atoms with Crippen LogP contribution in [-0.4, -0.2) is 27.1 Å². The second-order valence-electron chi connectivity index (χ2n) is 5.87. The number of rotatable bonds is 3. The maximum atomic E-state index is 12.1. The zero-order chi connectivity index (χ0) is 15.0. The zero-order valence-corrected chi connectivity index (χ0v) is 12.9. The van der Waals surface area contributed by atoms with Crippen molar-refractivity contribution >= 4 is 21.6 Å². The fourth-order valence-electron chi connectivity index (χ4n) is 2.99. The van der Waals surface area contributed by atoms with Gasteiger partial charge in [0.1, 0.15) is 0 Å². The number of carbonyl (C=O) groups is 1. The van der Waals surface area contributed by atoms with Crippen LogP contribution in [0.2, 0.25) is 0 Å². The van der Waals surface area contributed by atoms with Gasteiger partial charge in [0.2, 0.25) is 15.9 Å². The summed E-state index contributed by atoms with van der Waals surface area (Å²) in [6.07, 6.45) is 4.89. The Labute approximate surface area is 125 Å². The summed E-state index contributed by atoms with van der Waals surface area (Å²) in [5.74, 6) is 0.249. The lowest BCUT2D eigenvalue weighted by atomic mass is 9.84. The van der Waals surface area contributed by atoms with Crippen LogP contribution in [0.25, 0.3) is 0 Å². The Bertz CT molecular complexity index is 653. The quantitative estimate of drug-likeness (QED) is 0.926. The number of sulfonamides is 1. The van der Waals surface area contributed by atoms with E-state index in [0.717, 1.165) is 24.8 Å². The molecule has 1 aliphatic carbocycles. The molecule has 0 spiro atoms. The molecule has 1 saturated carbocycles. The van der Waals surface area contributed by atoms with Crippen LogP contribution in [0.15, 0.2) is 24.3 Å². The second kappa shape index (κ2) is 5.33. The Morgan fingerprint density at radius 2 is 1.95 bits per heavy atom. The lowest BCUT2D eigenvalue weighted by Gasteiger charge is -2.35. The van der Waals surface area contributed by atoms with Crippen molar-refractivity contribution in [2.24, 2.45) is 5.92 Å². The van der Waals surface area contributed by atoms with E-state index in [1.807, 2.05) is 18.2 Å². The molecule has 0 aromatic heterocycles. The summed E-state index contributed by atoms with van der Waals surface area (Å²) in [6, 6.07) is 7.32. The van der Waals surface area contributed by atoms with Crippen molar-refractivity contribution < 1.29 is 13.2 Å². The minimum Gasteiger partial charge on any atom is -0.349 e. The second-order valence-corrected chi connectivity index (χ2v) is 7.78. The van der Waals surface area contributed by atoms with Crippen LogP contribution in [0.5, 0.6) is 0 Å². The maximum Gasteiger partial charge on any atom is 0.232 e. The molecule has 1 atom stereocenters. The highest BCUT2D eigenvalue weighted by Gasteiger charge is 2.32. The molecule has 0 saturated heterocycles. The first-order chi connectivity index (χ1) is 9.97. The fraction of sp³-hybridized carbons (Fsp3) is 0.533. The molecular weight excluding hydrogens is 288 g/mol. The Balaban J connectivity index is 1.85. The Kier molecular flexibility index (Phi) is 3.65. The summed E-state index contributed by atoms with van der Waals surface area (Å²) in [6.45, 7) is 0.408. The van der Waals surface area contributed by atoms with Gasteiger partial charge >= 0.3 is 0 Å². The van der Waals surface area contributed by atoms with Gasteiger partial charge in [-0.3, -0.25) is 9.10 Å². The minimum absolute atomic E-state index is 0.0905. The third-order valence-electron chi connectivity index (χ3n) is 4.39. The van der Waals surface area contributed by atoms with Gasteiger partial charge in [0, 0.05) is 12.5 Å². The van der Waals surface area contributed by atoms with Crippen molar-refractivity contribution in [1.29, 1.82) is 0 Å². The lowest BCUT2D eigenvalue weighted by molar-refractivity contribution is -0.128. The van der Waals surface area contributed by atoms with Gasteiger partial charge in [0.05, 0.1) is 18.0 Å². The van der Waals surface area contributed by atoms with Crippen LogP contribution in [-0.2, 0) is 14.8 Å². The molecule has 114 valence electrons. The van der Waals surface area contributed by atoms with Crippen LogP contribution in [0, 0.1) is 5.92 Å². The average Bonchev–Trinajstić information content (AvgIpc) is 2.35. The Hall–Kier alpha value is -1.56. The Morgan fingerprint density at radius 3 is 2.57 bits per heavy atom. The average molecular weight is 308 g/mol. The van der Waals surface area contributed by atoms with Gasteiger partial charge in [-0.2, -0.15) is 0 Å². The van der Waals surface area contributed by atoms with Gasteiger partial charge in [0.25, 0.3) is 0 Å². The monoisotopic (exact) mass is 308 g/mol. The van der Waals surface area contributed by atoms with Gasteiger partial charge in [-0.15, -0.1) is 0 Å². The van der Waals surface area contributed by atoms with E-state index in [4.69, 9.17) is 0 Å².